The lowest BCUT2D eigenvalue weighted by atomic mass is 10.1. The molecule has 1 fully saturated rings. The molecule has 2 unspecified atom stereocenters. The second kappa shape index (κ2) is 10.3. The predicted molar refractivity (Wildman–Crippen MR) is 125 cm³/mol. The van der Waals surface area contributed by atoms with Gasteiger partial charge in [0.2, 0.25) is 5.91 Å². The number of amides is 1. The van der Waals surface area contributed by atoms with E-state index in [2.05, 4.69) is 0 Å². The van der Waals surface area contributed by atoms with Crippen molar-refractivity contribution in [2.45, 2.75) is 23.4 Å². The molecule has 0 N–H and O–H groups in total. The van der Waals surface area contributed by atoms with Crippen LogP contribution >= 0.6 is 11.8 Å². The summed E-state index contributed by atoms with van der Waals surface area (Å²) in [6.45, 7) is 4.46. The third kappa shape index (κ3) is 4.72. The Morgan fingerprint density at radius 3 is 2.53 bits per heavy atom. The first-order valence-electron chi connectivity index (χ1n) is 10.7. The van der Waals surface area contributed by atoms with Crippen LogP contribution < -0.4 is 5.56 Å². The number of fused-ring (bicyclic) bond motifs is 1. The first-order valence-corrected chi connectivity index (χ1v) is 11.6. The molecule has 168 valence electrons. The summed E-state index contributed by atoms with van der Waals surface area (Å²) < 4.78 is 12.4. The summed E-state index contributed by atoms with van der Waals surface area (Å²) in [5.74, 6) is -0.00199. The van der Waals surface area contributed by atoms with Crippen molar-refractivity contribution in [3.8, 4) is 0 Å². The van der Waals surface area contributed by atoms with E-state index >= 15 is 0 Å². The molecule has 32 heavy (non-hydrogen) atoms. The number of morpholine rings is 1. The lowest BCUT2D eigenvalue weighted by Gasteiger charge is -2.30. The molecule has 2 aromatic carbocycles. The van der Waals surface area contributed by atoms with Gasteiger partial charge in [-0.2, -0.15) is 0 Å². The Balaban J connectivity index is 1.80. The normalized spacial score (nSPS) is 16.1. The number of ether oxygens (including phenoxy) is 2. The third-order valence-corrected chi connectivity index (χ3v) is 6.71. The molecule has 0 aliphatic carbocycles. The third-order valence-electron chi connectivity index (χ3n) is 5.50. The minimum absolute atomic E-state index is 0.00199. The summed E-state index contributed by atoms with van der Waals surface area (Å²) in [7, 11) is 1.61. The number of aromatic nitrogens is 2. The van der Waals surface area contributed by atoms with Crippen LogP contribution in [0.3, 0.4) is 0 Å². The summed E-state index contributed by atoms with van der Waals surface area (Å²) in [6, 6.07) is 16.7. The fraction of sp³-hybridized carbons (Fsp3) is 0.375. The molecule has 1 amide bonds. The lowest BCUT2D eigenvalue weighted by Crippen LogP contribution is -2.42. The molecule has 2 heterocycles. The van der Waals surface area contributed by atoms with Crippen LogP contribution in [-0.4, -0.2) is 60.4 Å². The van der Waals surface area contributed by atoms with Crippen molar-refractivity contribution in [1.82, 2.24) is 14.5 Å². The van der Waals surface area contributed by atoms with E-state index in [4.69, 9.17) is 14.5 Å². The van der Waals surface area contributed by atoms with Gasteiger partial charge in [0.05, 0.1) is 36.8 Å². The number of thioether (sulfide) groups is 1. The van der Waals surface area contributed by atoms with Crippen molar-refractivity contribution >= 4 is 28.6 Å². The van der Waals surface area contributed by atoms with Gasteiger partial charge in [-0.3, -0.25) is 14.2 Å². The molecule has 3 aromatic rings. The van der Waals surface area contributed by atoms with Gasteiger partial charge in [-0.1, -0.05) is 54.2 Å². The number of hydrogen-bond donors (Lipinski definition) is 0. The van der Waals surface area contributed by atoms with Crippen molar-refractivity contribution in [3.63, 3.8) is 0 Å². The van der Waals surface area contributed by atoms with E-state index in [1.165, 1.54) is 11.8 Å². The molecule has 8 heteroatoms. The number of rotatable bonds is 7. The average Bonchev–Trinajstić information content (AvgIpc) is 2.83. The van der Waals surface area contributed by atoms with Gasteiger partial charge < -0.3 is 14.4 Å². The molecular formula is C24H27N3O4S. The summed E-state index contributed by atoms with van der Waals surface area (Å²) in [4.78, 5) is 33.6. The topological polar surface area (TPSA) is 73.7 Å². The first kappa shape index (κ1) is 22.5. The molecule has 1 aromatic heterocycles. The molecule has 0 spiro atoms. The van der Waals surface area contributed by atoms with Crippen LogP contribution in [0.25, 0.3) is 10.9 Å². The zero-order valence-electron chi connectivity index (χ0n) is 18.3. The van der Waals surface area contributed by atoms with Crippen LogP contribution in [0.1, 0.15) is 23.8 Å². The van der Waals surface area contributed by atoms with Crippen LogP contribution in [0.2, 0.25) is 0 Å². The number of methoxy groups -OCH3 is 1. The Hall–Kier alpha value is -2.68. The Bertz CT molecular complexity index is 1130. The zero-order chi connectivity index (χ0) is 22.5. The highest BCUT2D eigenvalue weighted by Crippen LogP contribution is 2.37. The van der Waals surface area contributed by atoms with E-state index in [9.17, 15) is 9.59 Å². The van der Waals surface area contributed by atoms with Gasteiger partial charge in [-0.15, -0.1) is 0 Å². The second-order valence-corrected chi connectivity index (χ2v) is 8.81. The number of para-hydroxylation sites is 1. The molecule has 1 aliphatic rings. The van der Waals surface area contributed by atoms with Crippen molar-refractivity contribution in [3.05, 3.63) is 70.5 Å². The van der Waals surface area contributed by atoms with Crippen LogP contribution in [0.15, 0.2) is 64.5 Å². The van der Waals surface area contributed by atoms with Gasteiger partial charge in [-0.05, 0) is 24.6 Å². The molecule has 7 nitrogen and oxygen atoms in total. The van der Waals surface area contributed by atoms with E-state index in [-0.39, 0.29) is 17.5 Å². The Kier molecular flexibility index (Phi) is 7.24. The van der Waals surface area contributed by atoms with Gasteiger partial charge in [0.15, 0.2) is 5.16 Å². The fourth-order valence-corrected chi connectivity index (χ4v) is 5.14. The molecule has 2 atom stereocenters. The number of carbonyl (C=O) groups is 1. The minimum Gasteiger partial charge on any atom is -0.383 e. The molecule has 0 bridgehead atoms. The standard InChI is InChI=1S/C24H27N3O4S/c1-17(16-30-2)27-22(28)19-10-6-7-11-20(19)25-24(27)32-21(18-8-4-3-5-9-18)23(29)26-12-14-31-15-13-26/h3-11,17,21H,12-16H2,1-2H3. The second-order valence-electron chi connectivity index (χ2n) is 7.74. The zero-order valence-corrected chi connectivity index (χ0v) is 19.1. The monoisotopic (exact) mass is 453 g/mol. The van der Waals surface area contributed by atoms with Crippen molar-refractivity contribution in [1.29, 1.82) is 0 Å². The van der Waals surface area contributed by atoms with Gasteiger partial charge in [0.25, 0.3) is 5.56 Å². The number of carbonyl (C=O) groups excluding carboxylic acids is 1. The maximum atomic E-state index is 13.6. The lowest BCUT2D eigenvalue weighted by molar-refractivity contribution is -0.134. The SMILES string of the molecule is COCC(C)n1c(SC(C(=O)N2CCOCC2)c2ccccc2)nc2ccccc2c1=O. The fourth-order valence-electron chi connectivity index (χ4n) is 3.86. The van der Waals surface area contributed by atoms with E-state index < -0.39 is 5.25 Å². The largest absolute Gasteiger partial charge is 0.383 e. The molecule has 1 saturated heterocycles. The van der Waals surface area contributed by atoms with Crippen molar-refractivity contribution < 1.29 is 14.3 Å². The van der Waals surface area contributed by atoms with Gasteiger partial charge in [-0.25, -0.2) is 4.98 Å². The highest BCUT2D eigenvalue weighted by molar-refractivity contribution is 8.00. The van der Waals surface area contributed by atoms with Gasteiger partial charge >= 0.3 is 0 Å². The first-order chi connectivity index (χ1) is 15.6. The Morgan fingerprint density at radius 1 is 1.12 bits per heavy atom. The number of benzene rings is 2. The number of hydrogen-bond acceptors (Lipinski definition) is 6. The Morgan fingerprint density at radius 2 is 1.81 bits per heavy atom. The van der Waals surface area contributed by atoms with Crippen molar-refractivity contribution in [2.24, 2.45) is 0 Å². The van der Waals surface area contributed by atoms with Crippen LogP contribution in [0, 0.1) is 0 Å². The van der Waals surface area contributed by atoms with E-state index in [1.54, 1.807) is 17.7 Å². The summed E-state index contributed by atoms with van der Waals surface area (Å²) in [5, 5.41) is 0.535. The smallest absolute Gasteiger partial charge is 0.262 e. The summed E-state index contributed by atoms with van der Waals surface area (Å²) in [6.07, 6.45) is 0. The van der Waals surface area contributed by atoms with E-state index in [1.807, 2.05) is 60.4 Å². The minimum atomic E-state index is -0.525. The Labute approximate surface area is 191 Å². The number of nitrogens with zero attached hydrogens (tertiary/aromatic N) is 3. The molecule has 0 radical (unpaired) electrons. The maximum Gasteiger partial charge on any atom is 0.262 e. The van der Waals surface area contributed by atoms with Crippen LogP contribution in [0.5, 0.6) is 0 Å². The average molecular weight is 454 g/mol. The quantitative estimate of drug-likeness (QED) is 0.404. The highest BCUT2D eigenvalue weighted by Gasteiger charge is 2.30. The van der Waals surface area contributed by atoms with Crippen LogP contribution in [0.4, 0.5) is 0 Å². The molecule has 0 saturated carbocycles. The predicted octanol–water partition coefficient (Wildman–Crippen LogP) is 3.30. The molecule has 1 aliphatic heterocycles. The molecular weight excluding hydrogens is 426 g/mol. The highest BCUT2D eigenvalue weighted by atomic mass is 32.2. The van der Waals surface area contributed by atoms with Crippen molar-refractivity contribution in [2.75, 3.05) is 40.0 Å². The summed E-state index contributed by atoms with van der Waals surface area (Å²) in [5.41, 5.74) is 1.36. The van der Waals surface area contributed by atoms with Crippen LogP contribution in [-0.2, 0) is 14.3 Å². The van der Waals surface area contributed by atoms with E-state index in [0.29, 0.717) is 49.0 Å². The summed E-state index contributed by atoms with van der Waals surface area (Å²) >= 11 is 1.32. The maximum absolute atomic E-state index is 13.6. The van der Waals surface area contributed by atoms with E-state index in [0.717, 1.165) is 5.56 Å². The van der Waals surface area contributed by atoms with Gasteiger partial charge in [0.1, 0.15) is 5.25 Å². The van der Waals surface area contributed by atoms with Gasteiger partial charge in [0, 0.05) is 20.2 Å². The molecule has 4 rings (SSSR count).